The Labute approximate surface area is 98.9 Å². The summed E-state index contributed by atoms with van der Waals surface area (Å²) in [6, 6.07) is 0. The van der Waals surface area contributed by atoms with Crippen molar-refractivity contribution in [1.29, 1.82) is 0 Å². The van der Waals surface area contributed by atoms with E-state index < -0.39 is 0 Å². The van der Waals surface area contributed by atoms with Crippen molar-refractivity contribution >= 4 is 0 Å². The molecule has 0 heteroatoms. The second-order valence-electron chi connectivity index (χ2n) is 4.00. The maximum absolute atomic E-state index is 2.36. The Bertz CT molecular complexity index is 96.2. The predicted molar refractivity (Wildman–Crippen MR) is 73.3 cm³/mol. The minimum Gasteiger partial charge on any atom is -0.0683 e. The first-order chi connectivity index (χ1) is 7.38. The summed E-state index contributed by atoms with van der Waals surface area (Å²) in [7, 11) is 0. The molecule has 0 aromatic heterocycles. The van der Waals surface area contributed by atoms with Crippen molar-refractivity contribution in [2.45, 2.75) is 86.5 Å². The number of hydrogen-bond acceptors (Lipinski definition) is 0. The van der Waals surface area contributed by atoms with Crippen molar-refractivity contribution in [2.75, 3.05) is 0 Å². The van der Waals surface area contributed by atoms with E-state index in [4.69, 9.17) is 0 Å². The molecular formula is C15H34. The first-order valence-corrected chi connectivity index (χ1v) is 7.38. The number of hydrogen-bond donors (Lipinski definition) is 0. The van der Waals surface area contributed by atoms with Crippen LogP contribution in [0, 0.1) is 11.8 Å². The molecule has 0 bridgehead atoms. The molecule has 1 saturated carbocycles. The third kappa shape index (κ3) is 7.88. The van der Waals surface area contributed by atoms with Crippen LogP contribution in [0.25, 0.3) is 0 Å². The molecule has 15 heavy (non-hydrogen) atoms. The van der Waals surface area contributed by atoms with Gasteiger partial charge in [-0.05, 0) is 11.8 Å². The molecular weight excluding hydrogens is 180 g/mol. The molecule has 0 radical (unpaired) electrons. The molecule has 0 spiro atoms. The summed E-state index contributed by atoms with van der Waals surface area (Å²) >= 11 is 0. The molecule has 0 aliphatic heterocycles. The summed E-state index contributed by atoms with van der Waals surface area (Å²) in [6.07, 6.45) is 10.3. The van der Waals surface area contributed by atoms with Gasteiger partial charge in [0.15, 0.2) is 0 Å². The van der Waals surface area contributed by atoms with Crippen molar-refractivity contribution in [3.63, 3.8) is 0 Å². The molecule has 0 saturated heterocycles. The topological polar surface area (TPSA) is 0 Å². The van der Waals surface area contributed by atoms with Crippen LogP contribution in [-0.2, 0) is 0 Å². The highest BCUT2D eigenvalue weighted by molar-refractivity contribution is 4.76. The summed E-state index contributed by atoms with van der Waals surface area (Å²) in [5.74, 6) is 2.18. The molecule has 0 amide bonds. The standard InChI is InChI=1S/C11H22.2C2H6/c1-3-5-7-11-9-6-8-10(11)4-2;2*1-2/h10-11H,3-9H2,1-2H3;2*1-2H3. The molecule has 0 aromatic carbocycles. The zero-order chi connectivity index (χ0) is 12.1. The quantitative estimate of drug-likeness (QED) is 0.534. The second-order valence-corrected chi connectivity index (χ2v) is 4.00. The summed E-state index contributed by atoms with van der Waals surface area (Å²) in [6.45, 7) is 12.7. The van der Waals surface area contributed by atoms with Gasteiger partial charge in [0.25, 0.3) is 0 Å². The second kappa shape index (κ2) is 14.0. The lowest BCUT2D eigenvalue weighted by Crippen LogP contribution is -2.06. The van der Waals surface area contributed by atoms with Gasteiger partial charge in [-0.15, -0.1) is 0 Å². The Morgan fingerprint density at radius 1 is 0.867 bits per heavy atom. The van der Waals surface area contributed by atoms with E-state index in [0.717, 1.165) is 11.8 Å². The average molecular weight is 214 g/mol. The van der Waals surface area contributed by atoms with E-state index in [-0.39, 0.29) is 0 Å². The highest BCUT2D eigenvalue weighted by Gasteiger charge is 2.24. The zero-order valence-electron chi connectivity index (χ0n) is 12.1. The van der Waals surface area contributed by atoms with Gasteiger partial charge in [-0.3, -0.25) is 0 Å². The molecule has 1 aliphatic rings. The fourth-order valence-corrected chi connectivity index (χ4v) is 2.50. The van der Waals surface area contributed by atoms with E-state index in [1.54, 1.807) is 0 Å². The smallest absolute Gasteiger partial charge is 0.0386 e. The Hall–Kier alpha value is 0. The van der Waals surface area contributed by atoms with Crippen LogP contribution in [-0.4, -0.2) is 0 Å². The molecule has 0 nitrogen and oxygen atoms in total. The van der Waals surface area contributed by atoms with E-state index >= 15 is 0 Å². The first-order valence-electron chi connectivity index (χ1n) is 7.38. The van der Waals surface area contributed by atoms with Gasteiger partial charge in [-0.25, -0.2) is 0 Å². The van der Waals surface area contributed by atoms with Crippen LogP contribution in [0.1, 0.15) is 86.5 Å². The molecule has 0 N–H and O–H groups in total. The Kier molecular flexibility index (Phi) is 16.2. The fourth-order valence-electron chi connectivity index (χ4n) is 2.50. The lowest BCUT2D eigenvalue weighted by atomic mass is 9.89. The third-order valence-electron chi connectivity index (χ3n) is 3.27. The van der Waals surface area contributed by atoms with Gasteiger partial charge >= 0.3 is 0 Å². The van der Waals surface area contributed by atoms with Gasteiger partial charge in [-0.2, -0.15) is 0 Å². The maximum atomic E-state index is 2.36. The predicted octanol–water partition coefficient (Wildman–Crippen LogP) is 6.06. The Balaban J connectivity index is 0. The van der Waals surface area contributed by atoms with E-state index in [2.05, 4.69) is 13.8 Å². The minimum atomic E-state index is 1.08. The van der Waals surface area contributed by atoms with E-state index in [1.165, 1.54) is 44.9 Å². The molecule has 2 atom stereocenters. The average Bonchev–Trinajstić information content (AvgIpc) is 2.79. The summed E-state index contributed by atoms with van der Waals surface area (Å²) < 4.78 is 0. The van der Waals surface area contributed by atoms with Crippen molar-refractivity contribution in [3.05, 3.63) is 0 Å². The normalized spacial score (nSPS) is 23.6. The maximum Gasteiger partial charge on any atom is -0.0386 e. The molecule has 1 aliphatic carbocycles. The van der Waals surface area contributed by atoms with E-state index in [1.807, 2.05) is 27.7 Å². The van der Waals surface area contributed by atoms with Crippen LogP contribution >= 0.6 is 0 Å². The summed E-state index contributed by atoms with van der Waals surface area (Å²) in [5, 5.41) is 0. The van der Waals surface area contributed by atoms with Gasteiger partial charge in [0.2, 0.25) is 0 Å². The summed E-state index contributed by atoms with van der Waals surface area (Å²) in [4.78, 5) is 0. The molecule has 94 valence electrons. The van der Waals surface area contributed by atoms with Crippen LogP contribution in [0.2, 0.25) is 0 Å². The van der Waals surface area contributed by atoms with Crippen LogP contribution < -0.4 is 0 Å². The lowest BCUT2D eigenvalue weighted by molar-refractivity contribution is 0.346. The summed E-state index contributed by atoms with van der Waals surface area (Å²) in [5.41, 5.74) is 0. The Morgan fingerprint density at radius 2 is 1.40 bits per heavy atom. The lowest BCUT2D eigenvalue weighted by Gasteiger charge is -2.16. The first kappa shape index (κ1) is 17.4. The van der Waals surface area contributed by atoms with Gasteiger partial charge in [0.05, 0.1) is 0 Å². The SMILES string of the molecule is CC.CC.CCCCC1CCCC1CC. The van der Waals surface area contributed by atoms with Crippen LogP contribution in [0.3, 0.4) is 0 Å². The van der Waals surface area contributed by atoms with Crippen molar-refractivity contribution < 1.29 is 0 Å². The third-order valence-corrected chi connectivity index (χ3v) is 3.27. The molecule has 0 aromatic rings. The fraction of sp³-hybridized carbons (Fsp3) is 1.00. The van der Waals surface area contributed by atoms with Gasteiger partial charge in [0, 0.05) is 0 Å². The van der Waals surface area contributed by atoms with Gasteiger partial charge in [-0.1, -0.05) is 86.5 Å². The number of unbranched alkanes of at least 4 members (excludes halogenated alkanes) is 1. The van der Waals surface area contributed by atoms with Crippen molar-refractivity contribution in [2.24, 2.45) is 11.8 Å². The van der Waals surface area contributed by atoms with E-state index in [0.29, 0.717) is 0 Å². The Morgan fingerprint density at radius 3 is 1.87 bits per heavy atom. The molecule has 1 fully saturated rings. The zero-order valence-corrected chi connectivity index (χ0v) is 12.1. The minimum absolute atomic E-state index is 1.08. The monoisotopic (exact) mass is 214 g/mol. The highest BCUT2D eigenvalue weighted by atomic mass is 14.3. The van der Waals surface area contributed by atoms with Crippen molar-refractivity contribution in [1.82, 2.24) is 0 Å². The molecule has 0 heterocycles. The largest absolute Gasteiger partial charge is 0.0683 e. The van der Waals surface area contributed by atoms with Crippen LogP contribution in [0.15, 0.2) is 0 Å². The van der Waals surface area contributed by atoms with Crippen LogP contribution in [0.5, 0.6) is 0 Å². The molecule has 2 unspecified atom stereocenters. The molecule has 1 rings (SSSR count). The highest BCUT2D eigenvalue weighted by Crippen LogP contribution is 2.36. The van der Waals surface area contributed by atoms with Crippen LogP contribution in [0.4, 0.5) is 0 Å². The van der Waals surface area contributed by atoms with Gasteiger partial charge < -0.3 is 0 Å². The van der Waals surface area contributed by atoms with E-state index in [9.17, 15) is 0 Å². The van der Waals surface area contributed by atoms with Gasteiger partial charge in [0.1, 0.15) is 0 Å². The number of rotatable bonds is 4. The van der Waals surface area contributed by atoms with Crippen molar-refractivity contribution in [3.8, 4) is 0 Å².